The fraction of sp³-hybridized carbons (Fsp3) is 0.889. The summed E-state index contributed by atoms with van der Waals surface area (Å²) in [5.41, 5.74) is 5.28. The van der Waals surface area contributed by atoms with Crippen LogP contribution in [0.1, 0.15) is 6.42 Å². The first-order valence-electron chi connectivity index (χ1n) is 4.98. The summed E-state index contributed by atoms with van der Waals surface area (Å²) in [4.78, 5) is 15.4. The quantitative estimate of drug-likeness (QED) is 0.579. The molecule has 0 aromatic rings. The van der Waals surface area contributed by atoms with Gasteiger partial charge in [0.05, 0.1) is 6.04 Å². The highest BCUT2D eigenvalue weighted by molar-refractivity contribution is 5.79. The Morgan fingerprint density at radius 2 is 2.00 bits per heavy atom. The first-order chi connectivity index (χ1) is 6.65. The predicted octanol–water partition coefficient (Wildman–Crippen LogP) is -1.53. The summed E-state index contributed by atoms with van der Waals surface area (Å²) in [6.45, 7) is 3.62. The van der Waals surface area contributed by atoms with Gasteiger partial charge in [-0.1, -0.05) is 0 Å². The van der Waals surface area contributed by atoms with E-state index in [1.807, 2.05) is 0 Å². The molecule has 1 amide bonds. The lowest BCUT2D eigenvalue weighted by Gasteiger charge is -2.36. The number of primary amides is 1. The standard InChI is InChI=1S/C9H19N3O2/c1-11-3-5-12(6-4-11)8(2-7-13)9(10)14/h8,13H,2-7H2,1H3,(H2,10,14)/t8-/m0/s1. The van der Waals surface area contributed by atoms with Gasteiger partial charge in [-0.2, -0.15) is 0 Å². The lowest BCUT2D eigenvalue weighted by molar-refractivity contribution is -0.124. The third-order valence-electron chi connectivity index (χ3n) is 2.71. The maximum Gasteiger partial charge on any atom is 0.234 e. The van der Waals surface area contributed by atoms with E-state index in [4.69, 9.17) is 10.8 Å². The van der Waals surface area contributed by atoms with Crippen LogP contribution in [0.4, 0.5) is 0 Å². The van der Waals surface area contributed by atoms with Gasteiger partial charge in [-0.3, -0.25) is 9.69 Å². The number of carbonyl (C=O) groups excluding carboxylic acids is 1. The van der Waals surface area contributed by atoms with Crippen molar-refractivity contribution in [1.82, 2.24) is 9.80 Å². The zero-order valence-electron chi connectivity index (χ0n) is 8.65. The highest BCUT2D eigenvalue weighted by atomic mass is 16.3. The van der Waals surface area contributed by atoms with Crippen LogP contribution < -0.4 is 5.73 Å². The van der Waals surface area contributed by atoms with Gasteiger partial charge in [-0.05, 0) is 13.5 Å². The van der Waals surface area contributed by atoms with Crippen LogP contribution in [-0.4, -0.2) is 66.7 Å². The predicted molar refractivity (Wildman–Crippen MR) is 53.8 cm³/mol. The summed E-state index contributed by atoms with van der Waals surface area (Å²) < 4.78 is 0. The highest BCUT2D eigenvalue weighted by Gasteiger charge is 2.25. The van der Waals surface area contributed by atoms with E-state index >= 15 is 0 Å². The molecule has 0 unspecified atom stereocenters. The van der Waals surface area contributed by atoms with Gasteiger partial charge >= 0.3 is 0 Å². The molecule has 0 aliphatic carbocycles. The zero-order valence-corrected chi connectivity index (χ0v) is 8.65. The molecule has 0 radical (unpaired) electrons. The monoisotopic (exact) mass is 201 g/mol. The normalized spacial score (nSPS) is 22.1. The Balaban J connectivity index is 2.47. The molecule has 0 spiro atoms. The largest absolute Gasteiger partial charge is 0.396 e. The van der Waals surface area contributed by atoms with E-state index in [0.717, 1.165) is 26.2 Å². The number of nitrogens with two attached hydrogens (primary N) is 1. The zero-order chi connectivity index (χ0) is 10.6. The molecule has 1 atom stereocenters. The molecule has 1 saturated heterocycles. The number of piperazine rings is 1. The molecule has 0 aromatic heterocycles. The van der Waals surface area contributed by atoms with Gasteiger partial charge in [0.25, 0.3) is 0 Å². The van der Waals surface area contributed by atoms with E-state index < -0.39 is 0 Å². The SMILES string of the molecule is CN1CCN([C@@H](CCO)C(N)=O)CC1. The molecule has 5 nitrogen and oxygen atoms in total. The van der Waals surface area contributed by atoms with Gasteiger partial charge in [0.1, 0.15) is 0 Å². The Morgan fingerprint density at radius 1 is 1.43 bits per heavy atom. The minimum atomic E-state index is -0.330. The van der Waals surface area contributed by atoms with E-state index in [0.29, 0.717) is 6.42 Å². The topological polar surface area (TPSA) is 69.8 Å². The third kappa shape index (κ3) is 2.94. The van der Waals surface area contributed by atoms with Crippen LogP contribution in [0.3, 0.4) is 0 Å². The van der Waals surface area contributed by atoms with Gasteiger partial charge < -0.3 is 15.7 Å². The number of rotatable bonds is 4. The van der Waals surface area contributed by atoms with Crippen molar-refractivity contribution in [2.45, 2.75) is 12.5 Å². The van der Waals surface area contributed by atoms with Crippen molar-refractivity contribution in [3.8, 4) is 0 Å². The first kappa shape index (κ1) is 11.4. The smallest absolute Gasteiger partial charge is 0.234 e. The Kier molecular flexibility index (Phi) is 4.31. The van der Waals surface area contributed by atoms with Gasteiger partial charge in [0.2, 0.25) is 5.91 Å². The molecule has 3 N–H and O–H groups in total. The Morgan fingerprint density at radius 3 is 2.43 bits per heavy atom. The molecule has 14 heavy (non-hydrogen) atoms. The summed E-state index contributed by atoms with van der Waals surface area (Å²) in [5, 5.41) is 8.82. The molecular weight excluding hydrogens is 182 g/mol. The third-order valence-corrected chi connectivity index (χ3v) is 2.71. The summed E-state index contributed by atoms with van der Waals surface area (Å²) in [6, 6.07) is -0.298. The molecule has 0 bridgehead atoms. The lowest BCUT2D eigenvalue weighted by atomic mass is 10.1. The minimum Gasteiger partial charge on any atom is -0.396 e. The first-order valence-corrected chi connectivity index (χ1v) is 4.98. The number of nitrogens with zero attached hydrogens (tertiary/aromatic N) is 2. The number of carbonyl (C=O) groups is 1. The Hall–Kier alpha value is -0.650. The molecule has 1 rings (SSSR count). The van der Waals surface area contributed by atoms with Gasteiger partial charge in [0.15, 0.2) is 0 Å². The Bertz CT molecular complexity index is 190. The molecule has 0 saturated carbocycles. The Labute approximate surface area is 84.5 Å². The maximum absolute atomic E-state index is 11.1. The number of amides is 1. The van der Waals surface area contributed by atoms with Crippen LogP contribution in [-0.2, 0) is 4.79 Å². The highest BCUT2D eigenvalue weighted by Crippen LogP contribution is 2.07. The van der Waals surface area contributed by atoms with Crippen LogP contribution >= 0.6 is 0 Å². The molecular formula is C9H19N3O2. The maximum atomic E-state index is 11.1. The molecule has 1 aliphatic rings. The second kappa shape index (κ2) is 5.29. The number of hydrogen-bond donors (Lipinski definition) is 2. The van der Waals surface area contributed by atoms with Crippen molar-refractivity contribution in [3.05, 3.63) is 0 Å². The van der Waals surface area contributed by atoms with E-state index in [-0.39, 0.29) is 18.6 Å². The minimum absolute atomic E-state index is 0.0138. The molecule has 0 aromatic carbocycles. The number of aliphatic hydroxyl groups is 1. The van der Waals surface area contributed by atoms with E-state index in [9.17, 15) is 4.79 Å². The van der Waals surface area contributed by atoms with E-state index in [2.05, 4.69) is 16.8 Å². The number of hydrogen-bond acceptors (Lipinski definition) is 4. The molecule has 5 heteroatoms. The fourth-order valence-corrected chi connectivity index (χ4v) is 1.76. The van der Waals surface area contributed by atoms with Crippen LogP contribution in [0.2, 0.25) is 0 Å². The molecule has 1 heterocycles. The van der Waals surface area contributed by atoms with E-state index in [1.54, 1.807) is 0 Å². The van der Waals surface area contributed by atoms with Crippen LogP contribution in [0.5, 0.6) is 0 Å². The van der Waals surface area contributed by atoms with Crippen LogP contribution in [0.25, 0.3) is 0 Å². The van der Waals surface area contributed by atoms with Gasteiger partial charge in [0, 0.05) is 32.8 Å². The van der Waals surface area contributed by atoms with Crippen molar-refractivity contribution < 1.29 is 9.90 Å². The summed E-state index contributed by atoms with van der Waals surface area (Å²) >= 11 is 0. The lowest BCUT2D eigenvalue weighted by Crippen LogP contribution is -2.53. The van der Waals surface area contributed by atoms with Crippen molar-refractivity contribution in [2.24, 2.45) is 5.73 Å². The number of aliphatic hydroxyl groups excluding tert-OH is 1. The summed E-state index contributed by atoms with van der Waals surface area (Å²) in [7, 11) is 2.06. The average Bonchev–Trinajstić information content (AvgIpc) is 2.15. The van der Waals surface area contributed by atoms with Crippen molar-refractivity contribution in [2.75, 3.05) is 39.8 Å². The number of likely N-dealkylation sites (N-methyl/N-ethyl adjacent to an activating group) is 1. The van der Waals surface area contributed by atoms with Gasteiger partial charge in [-0.25, -0.2) is 0 Å². The van der Waals surface area contributed by atoms with Crippen molar-refractivity contribution in [1.29, 1.82) is 0 Å². The summed E-state index contributed by atoms with van der Waals surface area (Å²) in [6.07, 6.45) is 0.443. The molecule has 1 fully saturated rings. The van der Waals surface area contributed by atoms with Crippen molar-refractivity contribution in [3.63, 3.8) is 0 Å². The summed E-state index contributed by atoms with van der Waals surface area (Å²) in [5.74, 6) is -0.330. The second-order valence-electron chi connectivity index (χ2n) is 3.77. The second-order valence-corrected chi connectivity index (χ2v) is 3.77. The van der Waals surface area contributed by atoms with E-state index in [1.165, 1.54) is 0 Å². The average molecular weight is 201 g/mol. The van der Waals surface area contributed by atoms with Crippen LogP contribution in [0.15, 0.2) is 0 Å². The molecule has 1 aliphatic heterocycles. The van der Waals surface area contributed by atoms with Gasteiger partial charge in [-0.15, -0.1) is 0 Å². The fourth-order valence-electron chi connectivity index (χ4n) is 1.76. The molecule has 82 valence electrons. The van der Waals surface area contributed by atoms with Crippen LogP contribution in [0, 0.1) is 0 Å². The van der Waals surface area contributed by atoms with Crippen molar-refractivity contribution >= 4 is 5.91 Å².